The molecular formula is C23H23N3O3. The van der Waals surface area contributed by atoms with Crippen LogP contribution in [0.25, 0.3) is 0 Å². The molecule has 29 heavy (non-hydrogen) atoms. The van der Waals surface area contributed by atoms with E-state index in [1.807, 2.05) is 54.6 Å². The average molecular weight is 389 g/mol. The van der Waals surface area contributed by atoms with Crippen LogP contribution < -0.4 is 15.0 Å². The number of rotatable bonds is 6. The molecule has 0 saturated carbocycles. The van der Waals surface area contributed by atoms with E-state index in [0.717, 1.165) is 24.5 Å². The van der Waals surface area contributed by atoms with E-state index in [1.165, 1.54) is 0 Å². The zero-order valence-electron chi connectivity index (χ0n) is 16.1. The van der Waals surface area contributed by atoms with Crippen LogP contribution in [-0.4, -0.2) is 37.2 Å². The van der Waals surface area contributed by atoms with E-state index < -0.39 is 0 Å². The molecule has 0 spiro atoms. The molecule has 0 atom stereocenters. The second-order valence-electron chi connectivity index (χ2n) is 6.72. The van der Waals surface area contributed by atoms with Gasteiger partial charge in [-0.2, -0.15) is 0 Å². The van der Waals surface area contributed by atoms with Crippen molar-refractivity contribution >= 4 is 11.7 Å². The van der Waals surface area contributed by atoms with Gasteiger partial charge in [0.05, 0.1) is 18.8 Å². The predicted molar refractivity (Wildman–Crippen MR) is 111 cm³/mol. The van der Waals surface area contributed by atoms with Crippen molar-refractivity contribution in [3.8, 4) is 11.5 Å². The van der Waals surface area contributed by atoms with Crippen LogP contribution in [-0.2, 0) is 11.3 Å². The first-order valence-electron chi connectivity index (χ1n) is 9.67. The van der Waals surface area contributed by atoms with Crippen LogP contribution in [0.5, 0.6) is 11.5 Å². The largest absolute Gasteiger partial charge is 0.457 e. The summed E-state index contributed by atoms with van der Waals surface area (Å²) in [6, 6.07) is 20.6. The summed E-state index contributed by atoms with van der Waals surface area (Å²) in [6.45, 7) is 3.49. The van der Waals surface area contributed by atoms with Gasteiger partial charge < -0.3 is 19.7 Å². The van der Waals surface area contributed by atoms with E-state index in [-0.39, 0.29) is 5.91 Å². The number of morpholine rings is 1. The lowest BCUT2D eigenvalue weighted by Crippen LogP contribution is -2.36. The molecule has 148 valence electrons. The minimum atomic E-state index is -0.179. The van der Waals surface area contributed by atoms with Gasteiger partial charge in [-0.1, -0.05) is 30.3 Å². The first-order chi connectivity index (χ1) is 14.3. The number of para-hydroxylation sites is 2. The van der Waals surface area contributed by atoms with Crippen molar-refractivity contribution in [3.05, 3.63) is 84.1 Å². The lowest BCUT2D eigenvalue weighted by atomic mass is 10.1. The fraction of sp³-hybridized carbons (Fsp3) is 0.217. The van der Waals surface area contributed by atoms with Gasteiger partial charge in [0.25, 0.3) is 5.91 Å². The molecule has 4 rings (SSSR count). The van der Waals surface area contributed by atoms with Crippen molar-refractivity contribution < 1.29 is 14.3 Å². The maximum Gasteiger partial charge on any atom is 0.255 e. The monoisotopic (exact) mass is 389 g/mol. The number of benzene rings is 2. The molecule has 1 amide bonds. The fourth-order valence-corrected chi connectivity index (χ4v) is 3.17. The van der Waals surface area contributed by atoms with Crippen molar-refractivity contribution in [2.75, 3.05) is 31.2 Å². The number of carbonyl (C=O) groups is 1. The lowest BCUT2D eigenvalue weighted by molar-refractivity contribution is 0.0948. The van der Waals surface area contributed by atoms with Gasteiger partial charge in [-0.3, -0.25) is 4.79 Å². The number of nitrogens with zero attached hydrogens (tertiary/aromatic N) is 2. The van der Waals surface area contributed by atoms with E-state index in [1.54, 1.807) is 18.3 Å². The van der Waals surface area contributed by atoms with Gasteiger partial charge in [0, 0.05) is 25.8 Å². The van der Waals surface area contributed by atoms with Crippen LogP contribution >= 0.6 is 0 Å². The molecule has 1 aliphatic heterocycles. The molecule has 2 aromatic carbocycles. The Labute approximate surface area is 170 Å². The summed E-state index contributed by atoms with van der Waals surface area (Å²) in [5.74, 6) is 1.95. The highest BCUT2D eigenvalue weighted by atomic mass is 16.5. The van der Waals surface area contributed by atoms with Crippen LogP contribution in [0, 0.1) is 0 Å². The summed E-state index contributed by atoms with van der Waals surface area (Å²) in [6.07, 6.45) is 1.78. The Balaban J connectivity index is 1.43. The number of hydrogen-bond acceptors (Lipinski definition) is 5. The van der Waals surface area contributed by atoms with Crippen molar-refractivity contribution in [1.29, 1.82) is 0 Å². The molecule has 3 aromatic rings. The summed E-state index contributed by atoms with van der Waals surface area (Å²) in [5, 5.41) is 2.98. The Bertz CT molecular complexity index is 956. The number of nitrogens with one attached hydrogen (secondary N) is 1. The Hall–Kier alpha value is -3.38. The van der Waals surface area contributed by atoms with Crippen LogP contribution in [0.1, 0.15) is 15.9 Å². The third-order valence-electron chi connectivity index (χ3n) is 4.70. The second-order valence-corrected chi connectivity index (χ2v) is 6.72. The molecule has 0 radical (unpaired) electrons. The van der Waals surface area contributed by atoms with Gasteiger partial charge in [-0.05, 0) is 42.0 Å². The average Bonchev–Trinajstić information content (AvgIpc) is 2.79. The number of hydrogen-bond donors (Lipinski definition) is 1. The van der Waals surface area contributed by atoms with Gasteiger partial charge in [-0.15, -0.1) is 0 Å². The molecule has 2 heterocycles. The Morgan fingerprint density at radius 2 is 1.79 bits per heavy atom. The number of amides is 1. The Morgan fingerprint density at radius 1 is 1.03 bits per heavy atom. The Kier molecular flexibility index (Phi) is 6.02. The number of ether oxygens (including phenoxy) is 2. The third kappa shape index (κ3) is 4.92. The molecule has 1 saturated heterocycles. The number of carbonyl (C=O) groups excluding carboxylic acids is 1. The van der Waals surface area contributed by atoms with Crippen molar-refractivity contribution in [3.63, 3.8) is 0 Å². The normalized spacial score (nSPS) is 13.7. The highest BCUT2D eigenvalue weighted by Gasteiger charge is 2.15. The fourth-order valence-electron chi connectivity index (χ4n) is 3.17. The minimum Gasteiger partial charge on any atom is -0.457 e. The maximum absolute atomic E-state index is 12.8. The van der Waals surface area contributed by atoms with Gasteiger partial charge in [-0.25, -0.2) is 4.98 Å². The first-order valence-corrected chi connectivity index (χ1v) is 9.67. The molecule has 1 aromatic heterocycles. The highest BCUT2D eigenvalue weighted by molar-refractivity contribution is 5.97. The van der Waals surface area contributed by atoms with E-state index in [0.29, 0.717) is 36.8 Å². The third-order valence-corrected chi connectivity index (χ3v) is 4.70. The zero-order valence-corrected chi connectivity index (χ0v) is 16.1. The summed E-state index contributed by atoms with van der Waals surface area (Å²) in [4.78, 5) is 19.4. The van der Waals surface area contributed by atoms with Crippen molar-refractivity contribution in [1.82, 2.24) is 10.3 Å². The standard InChI is InChI=1S/C23H23N3O3/c27-23(20-8-4-5-9-21(20)29-19-6-2-1-3-7-19)25-17-18-10-11-24-22(16-18)26-12-14-28-15-13-26/h1-11,16H,12-15,17H2,(H,25,27). The number of aromatic nitrogens is 1. The predicted octanol–water partition coefficient (Wildman–Crippen LogP) is 3.64. The summed E-state index contributed by atoms with van der Waals surface area (Å²) < 4.78 is 11.3. The summed E-state index contributed by atoms with van der Waals surface area (Å²) in [7, 11) is 0. The molecule has 6 heteroatoms. The molecule has 1 aliphatic rings. The quantitative estimate of drug-likeness (QED) is 0.697. The van der Waals surface area contributed by atoms with E-state index in [2.05, 4.69) is 15.2 Å². The molecule has 6 nitrogen and oxygen atoms in total. The lowest BCUT2D eigenvalue weighted by Gasteiger charge is -2.28. The Morgan fingerprint density at radius 3 is 2.62 bits per heavy atom. The van der Waals surface area contributed by atoms with E-state index in [4.69, 9.17) is 9.47 Å². The highest BCUT2D eigenvalue weighted by Crippen LogP contribution is 2.25. The van der Waals surface area contributed by atoms with Gasteiger partial charge in [0.1, 0.15) is 17.3 Å². The van der Waals surface area contributed by atoms with E-state index >= 15 is 0 Å². The SMILES string of the molecule is O=C(NCc1ccnc(N2CCOCC2)c1)c1ccccc1Oc1ccccc1. The molecule has 1 fully saturated rings. The number of anilines is 1. The summed E-state index contributed by atoms with van der Waals surface area (Å²) in [5.41, 5.74) is 1.50. The second kappa shape index (κ2) is 9.21. The molecular weight excluding hydrogens is 366 g/mol. The molecule has 0 bridgehead atoms. The van der Waals surface area contributed by atoms with Gasteiger partial charge in [0.2, 0.25) is 0 Å². The van der Waals surface area contributed by atoms with Crippen molar-refractivity contribution in [2.45, 2.75) is 6.54 Å². The maximum atomic E-state index is 12.8. The zero-order chi connectivity index (χ0) is 19.9. The molecule has 0 aliphatic carbocycles. The number of pyridine rings is 1. The van der Waals surface area contributed by atoms with Crippen LogP contribution in [0.3, 0.4) is 0 Å². The summed E-state index contributed by atoms with van der Waals surface area (Å²) >= 11 is 0. The van der Waals surface area contributed by atoms with Gasteiger partial charge >= 0.3 is 0 Å². The first kappa shape index (κ1) is 19.0. The smallest absolute Gasteiger partial charge is 0.255 e. The molecule has 1 N–H and O–H groups in total. The van der Waals surface area contributed by atoms with E-state index in [9.17, 15) is 4.79 Å². The van der Waals surface area contributed by atoms with Crippen LogP contribution in [0.2, 0.25) is 0 Å². The molecule has 0 unspecified atom stereocenters. The topological polar surface area (TPSA) is 63.7 Å². The van der Waals surface area contributed by atoms with Crippen LogP contribution in [0.15, 0.2) is 72.9 Å². The van der Waals surface area contributed by atoms with Gasteiger partial charge in [0.15, 0.2) is 0 Å². The minimum absolute atomic E-state index is 0.179. The van der Waals surface area contributed by atoms with Crippen LogP contribution in [0.4, 0.5) is 5.82 Å². The van der Waals surface area contributed by atoms with Crippen molar-refractivity contribution in [2.24, 2.45) is 0 Å².